The van der Waals surface area contributed by atoms with E-state index in [1.165, 1.54) is 10.4 Å². The number of hydrogen-bond acceptors (Lipinski definition) is 5. The van der Waals surface area contributed by atoms with Crippen molar-refractivity contribution in [3.8, 4) is 0 Å². The average molecular weight is 451 g/mol. The minimum absolute atomic E-state index is 0.0888. The van der Waals surface area contributed by atoms with E-state index in [9.17, 15) is 22.8 Å². The summed E-state index contributed by atoms with van der Waals surface area (Å²) in [6.07, 6.45) is 1.74. The first-order valence-corrected chi connectivity index (χ1v) is 11.9. The Morgan fingerprint density at radius 3 is 2.39 bits per heavy atom. The van der Waals surface area contributed by atoms with E-state index in [0.29, 0.717) is 29.9 Å². The van der Waals surface area contributed by atoms with Gasteiger partial charge >= 0.3 is 6.03 Å². The lowest BCUT2D eigenvalue weighted by atomic mass is 9.96. The lowest BCUT2D eigenvalue weighted by Crippen LogP contribution is -2.46. The molecule has 9 nitrogen and oxygen atoms in total. The standard InChI is InChI=1S/C21H30N4O5S/c1-6-24(7-2)31(29,30)16-10-13(3)14(4)17(11-16)22-18(26)12-25-19(27)21(5,15-8-9-15)23-20(25)28/h10-11,15H,6-9,12H2,1-5H3,(H,22,26)(H,23,28). The number of carbonyl (C=O) groups excluding carboxylic acids is 3. The Labute approximate surface area is 183 Å². The third kappa shape index (κ3) is 4.18. The van der Waals surface area contributed by atoms with Crippen LogP contribution < -0.4 is 10.6 Å². The molecule has 2 N–H and O–H groups in total. The molecule has 31 heavy (non-hydrogen) atoms. The Kier molecular flexibility index (Phi) is 6.16. The van der Waals surface area contributed by atoms with Crippen LogP contribution in [0.15, 0.2) is 17.0 Å². The summed E-state index contributed by atoms with van der Waals surface area (Å²) in [5, 5.41) is 5.39. The fraction of sp³-hybridized carbons (Fsp3) is 0.571. The van der Waals surface area contributed by atoms with Gasteiger partial charge in [-0.25, -0.2) is 13.2 Å². The monoisotopic (exact) mass is 450 g/mol. The van der Waals surface area contributed by atoms with Crippen LogP contribution in [0.1, 0.15) is 44.7 Å². The van der Waals surface area contributed by atoms with Gasteiger partial charge in [0.05, 0.1) is 4.90 Å². The molecule has 2 fully saturated rings. The molecule has 0 radical (unpaired) electrons. The van der Waals surface area contributed by atoms with E-state index in [1.807, 2.05) is 0 Å². The highest BCUT2D eigenvalue weighted by atomic mass is 32.2. The topological polar surface area (TPSA) is 116 Å². The van der Waals surface area contributed by atoms with Crippen molar-refractivity contribution < 1.29 is 22.8 Å². The number of anilines is 1. The number of rotatable bonds is 8. The zero-order chi connectivity index (χ0) is 23.1. The number of amides is 4. The lowest BCUT2D eigenvalue weighted by molar-refractivity contribution is -0.134. The van der Waals surface area contributed by atoms with Crippen molar-refractivity contribution in [3.05, 3.63) is 23.3 Å². The van der Waals surface area contributed by atoms with E-state index < -0.39 is 40.0 Å². The second-order valence-electron chi connectivity index (χ2n) is 8.35. The largest absolute Gasteiger partial charge is 0.325 e. The van der Waals surface area contributed by atoms with E-state index in [-0.39, 0.29) is 10.8 Å². The summed E-state index contributed by atoms with van der Waals surface area (Å²) in [6, 6.07) is 2.42. The zero-order valence-corrected chi connectivity index (χ0v) is 19.4. The molecule has 2 aliphatic rings. The van der Waals surface area contributed by atoms with Gasteiger partial charge in [-0.1, -0.05) is 13.8 Å². The summed E-state index contributed by atoms with van der Waals surface area (Å²) in [6.45, 7) is 8.99. The molecule has 10 heteroatoms. The number of urea groups is 1. The van der Waals surface area contributed by atoms with Crippen molar-refractivity contribution >= 4 is 33.6 Å². The predicted octanol–water partition coefficient (Wildman–Crippen LogP) is 1.99. The Bertz CT molecular complexity index is 1030. The quantitative estimate of drug-likeness (QED) is 0.588. The third-order valence-electron chi connectivity index (χ3n) is 6.25. The number of carbonyl (C=O) groups is 3. The Morgan fingerprint density at radius 2 is 1.84 bits per heavy atom. The summed E-state index contributed by atoms with van der Waals surface area (Å²) in [5.74, 6) is -0.867. The van der Waals surface area contributed by atoms with E-state index >= 15 is 0 Å². The normalized spacial score (nSPS) is 21.5. The molecule has 1 heterocycles. The summed E-state index contributed by atoms with van der Waals surface area (Å²) in [7, 11) is -3.70. The third-order valence-corrected chi connectivity index (χ3v) is 8.28. The number of hydrogen-bond donors (Lipinski definition) is 2. The molecule has 1 atom stereocenters. The number of benzene rings is 1. The fourth-order valence-corrected chi connectivity index (χ4v) is 5.52. The number of nitrogens with zero attached hydrogens (tertiary/aromatic N) is 2. The van der Waals surface area contributed by atoms with Gasteiger partial charge in [0.25, 0.3) is 5.91 Å². The highest BCUT2D eigenvalue weighted by Gasteiger charge is 2.56. The van der Waals surface area contributed by atoms with E-state index in [0.717, 1.165) is 17.7 Å². The van der Waals surface area contributed by atoms with Crippen LogP contribution in [0.3, 0.4) is 0 Å². The highest BCUT2D eigenvalue weighted by molar-refractivity contribution is 7.89. The van der Waals surface area contributed by atoms with Gasteiger partial charge in [-0.2, -0.15) is 4.31 Å². The molecule has 0 bridgehead atoms. The smallest absolute Gasteiger partial charge is 0.324 e. The van der Waals surface area contributed by atoms with Gasteiger partial charge in [-0.3, -0.25) is 14.5 Å². The van der Waals surface area contributed by atoms with Crippen molar-refractivity contribution in [2.24, 2.45) is 5.92 Å². The molecule has 0 spiro atoms. The molecule has 1 saturated heterocycles. The van der Waals surface area contributed by atoms with Gasteiger partial charge in [0, 0.05) is 18.8 Å². The molecule has 0 aromatic heterocycles. The summed E-state index contributed by atoms with van der Waals surface area (Å²) >= 11 is 0. The molecular formula is C21H30N4O5S. The van der Waals surface area contributed by atoms with Crippen LogP contribution in [0, 0.1) is 19.8 Å². The molecule has 1 aliphatic carbocycles. The Balaban J connectivity index is 1.81. The van der Waals surface area contributed by atoms with Gasteiger partial charge in [-0.05, 0) is 62.8 Å². The maximum absolute atomic E-state index is 12.9. The molecular weight excluding hydrogens is 420 g/mol. The van der Waals surface area contributed by atoms with Gasteiger partial charge < -0.3 is 10.6 Å². The van der Waals surface area contributed by atoms with Crippen molar-refractivity contribution in [2.75, 3.05) is 25.0 Å². The van der Waals surface area contributed by atoms with Crippen LogP contribution in [0.25, 0.3) is 0 Å². The molecule has 1 saturated carbocycles. The SMILES string of the molecule is CCN(CC)S(=O)(=O)c1cc(C)c(C)c(NC(=O)CN2C(=O)NC(C)(C3CC3)C2=O)c1. The second kappa shape index (κ2) is 8.23. The molecule has 170 valence electrons. The number of imide groups is 1. The van der Waals surface area contributed by atoms with Crippen molar-refractivity contribution in [2.45, 2.75) is 57.9 Å². The Morgan fingerprint density at radius 1 is 1.23 bits per heavy atom. The molecule has 1 aliphatic heterocycles. The van der Waals surface area contributed by atoms with E-state index in [2.05, 4.69) is 10.6 Å². The number of sulfonamides is 1. The first-order chi connectivity index (χ1) is 14.4. The maximum atomic E-state index is 12.9. The lowest BCUT2D eigenvalue weighted by Gasteiger charge is -2.21. The maximum Gasteiger partial charge on any atom is 0.325 e. The van der Waals surface area contributed by atoms with Crippen LogP contribution >= 0.6 is 0 Å². The van der Waals surface area contributed by atoms with Crippen molar-refractivity contribution in [3.63, 3.8) is 0 Å². The predicted molar refractivity (Wildman–Crippen MR) is 116 cm³/mol. The van der Waals surface area contributed by atoms with Crippen LogP contribution in [-0.2, 0) is 19.6 Å². The Hall–Kier alpha value is -2.46. The van der Waals surface area contributed by atoms with Crippen LogP contribution in [0.4, 0.5) is 10.5 Å². The minimum Gasteiger partial charge on any atom is -0.324 e. The van der Waals surface area contributed by atoms with Crippen LogP contribution in [0.5, 0.6) is 0 Å². The van der Waals surface area contributed by atoms with Crippen molar-refractivity contribution in [1.82, 2.24) is 14.5 Å². The first-order valence-electron chi connectivity index (χ1n) is 10.5. The molecule has 1 aromatic carbocycles. The number of aryl methyl sites for hydroxylation is 1. The minimum atomic E-state index is -3.70. The fourth-order valence-electron chi connectivity index (χ4n) is 3.95. The summed E-state index contributed by atoms with van der Waals surface area (Å²) in [4.78, 5) is 38.7. The molecule has 1 aromatic rings. The molecule has 1 unspecified atom stereocenters. The molecule has 3 rings (SSSR count). The zero-order valence-electron chi connectivity index (χ0n) is 18.6. The highest BCUT2D eigenvalue weighted by Crippen LogP contribution is 2.42. The van der Waals surface area contributed by atoms with Crippen LogP contribution in [0.2, 0.25) is 0 Å². The summed E-state index contributed by atoms with van der Waals surface area (Å²) in [5.41, 5.74) is 0.807. The van der Waals surface area contributed by atoms with E-state index in [4.69, 9.17) is 0 Å². The average Bonchev–Trinajstić information content (AvgIpc) is 3.52. The second-order valence-corrected chi connectivity index (χ2v) is 10.3. The first kappa shape index (κ1) is 23.2. The summed E-state index contributed by atoms with van der Waals surface area (Å²) < 4.78 is 27.2. The molecule has 4 amide bonds. The number of nitrogens with one attached hydrogen (secondary N) is 2. The van der Waals surface area contributed by atoms with E-state index in [1.54, 1.807) is 40.7 Å². The van der Waals surface area contributed by atoms with Crippen LogP contribution in [-0.4, -0.2) is 60.6 Å². The van der Waals surface area contributed by atoms with Gasteiger partial charge in [0.15, 0.2) is 0 Å². The van der Waals surface area contributed by atoms with Gasteiger partial charge in [0.2, 0.25) is 15.9 Å². The van der Waals surface area contributed by atoms with Crippen molar-refractivity contribution in [1.29, 1.82) is 0 Å². The van der Waals surface area contributed by atoms with Gasteiger partial charge in [-0.15, -0.1) is 0 Å². The van der Waals surface area contributed by atoms with Gasteiger partial charge in [0.1, 0.15) is 12.1 Å².